The molecule has 2 aromatic heterocycles. The number of aryl methyl sites for hydroxylation is 1. The van der Waals surface area contributed by atoms with Gasteiger partial charge in [-0.05, 0) is 35.7 Å². The van der Waals surface area contributed by atoms with Gasteiger partial charge in [0.1, 0.15) is 0 Å². The van der Waals surface area contributed by atoms with Crippen LogP contribution in [0.2, 0.25) is 5.02 Å². The van der Waals surface area contributed by atoms with Crippen molar-refractivity contribution in [1.82, 2.24) is 10.2 Å². The predicted molar refractivity (Wildman–Crippen MR) is 86.0 cm³/mol. The highest BCUT2D eigenvalue weighted by Crippen LogP contribution is 2.23. The van der Waals surface area contributed by atoms with Crippen molar-refractivity contribution >= 4 is 34.5 Å². The van der Waals surface area contributed by atoms with E-state index in [0.29, 0.717) is 28.9 Å². The zero-order chi connectivity index (χ0) is 15.4. The summed E-state index contributed by atoms with van der Waals surface area (Å²) in [5, 5.41) is 13.3. The minimum atomic E-state index is -0.113. The normalized spacial score (nSPS) is 10.6. The molecule has 0 atom stereocenters. The van der Waals surface area contributed by atoms with Crippen molar-refractivity contribution in [2.45, 2.75) is 12.8 Å². The molecule has 0 saturated heterocycles. The van der Waals surface area contributed by atoms with Gasteiger partial charge in [0.25, 0.3) is 5.89 Å². The average Bonchev–Trinajstić information content (AvgIpc) is 3.18. The van der Waals surface area contributed by atoms with Gasteiger partial charge in [0, 0.05) is 23.6 Å². The van der Waals surface area contributed by atoms with Gasteiger partial charge in [0.2, 0.25) is 11.8 Å². The Hall–Kier alpha value is -2.18. The smallest absolute Gasteiger partial charge is 0.257 e. The van der Waals surface area contributed by atoms with E-state index in [4.69, 9.17) is 16.0 Å². The molecular weight excluding hydrogens is 322 g/mol. The summed E-state index contributed by atoms with van der Waals surface area (Å²) in [6.45, 7) is 0. The van der Waals surface area contributed by atoms with Crippen molar-refractivity contribution in [2.75, 3.05) is 5.32 Å². The Morgan fingerprint density at radius 3 is 2.77 bits per heavy atom. The molecule has 0 aliphatic heterocycles. The first-order chi connectivity index (χ1) is 10.7. The number of carbonyl (C=O) groups is 1. The summed E-state index contributed by atoms with van der Waals surface area (Å²) >= 11 is 7.32. The largest absolute Gasteiger partial charge is 0.420 e. The molecule has 0 spiro atoms. The fourth-order valence-corrected chi connectivity index (χ4v) is 2.60. The molecular formula is C15H12ClN3O2S. The molecule has 0 aliphatic carbocycles. The van der Waals surface area contributed by atoms with Gasteiger partial charge in [0.15, 0.2) is 0 Å². The van der Waals surface area contributed by atoms with Gasteiger partial charge in [0.05, 0.1) is 4.88 Å². The van der Waals surface area contributed by atoms with Crippen molar-refractivity contribution < 1.29 is 9.21 Å². The molecule has 0 fully saturated rings. The van der Waals surface area contributed by atoms with E-state index in [-0.39, 0.29) is 12.3 Å². The van der Waals surface area contributed by atoms with Crippen LogP contribution >= 0.6 is 22.9 Å². The summed E-state index contributed by atoms with van der Waals surface area (Å²) < 4.78 is 5.54. The first-order valence-corrected chi connectivity index (χ1v) is 7.88. The molecule has 0 saturated carbocycles. The summed E-state index contributed by atoms with van der Waals surface area (Å²) in [5.74, 6) is 0.830. The Balaban J connectivity index is 1.54. The molecule has 112 valence electrons. The van der Waals surface area contributed by atoms with Crippen LogP contribution in [0, 0.1) is 0 Å². The Kier molecular flexibility index (Phi) is 4.50. The van der Waals surface area contributed by atoms with E-state index in [1.165, 1.54) is 11.3 Å². The lowest BCUT2D eigenvalue weighted by atomic mass is 10.2. The molecule has 1 N–H and O–H groups in total. The Morgan fingerprint density at radius 1 is 1.23 bits per heavy atom. The zero-order valence-corrected chi connectivity index (χ0v) is 13.0. The Bertz CT molecular complexity index is 753. The number of anilines is 1. The average molecular weight is 334 g/mol. The van der Waals surface area contributed by atoms with Gasteiger partial charge in [-0.1, -0.05) is 17.7 Å². The topological polar surface area (TPSA) is 68.0 Å². The molecule has 0 bridgehead atoms. The molecule has 1 aromatic carbocycles. The number of carbonyl (C=O) groups excluding carboxylic acids is 1. The number of hydrogen-bond acceptors (Lipinski definition) is 5. The molecule has 0 radical (unpaired) electrons. The van der Waals surface area contributed by atoms with Crippen LogP contribution in [0.4, 0.5) is 5.69 Å². The molecule has 2 heterocycles. The third kappa shape index (κ3) is 3.72. The second-order valence-electron chi connectivity index (χ2n) is 4.53. The van der Waals surface area contributed by atoms with E-state index in [2.05, 4.69) is 15.5 Å². The standard InChI is InChI=1S/C15H12ClN3O2S/c16-10-3-5-11(6-4-10)17-13(20)7-8-14-18-19-15(21-14)12-2-1-9-22-12/h1-6,9H,7-8H2,(H,17,20). The molecule has 5 nitrogen and oxygen atoms in total. The molecule has 1 amide bonds. The Morgan fingerprint density at radius 2 is 2.05 bits per heavy atom. The summed E-state index contributed by atoms with van der Waals surface area (Å²) in [6, 6.07) is 10.8. The van der Waals surface area contributed by atoms with Crippen LogP contribution in [0.5, 0.6) is 0 Å². The van der Waals surface area contributed by atoms with Crippen molar-refractivity contribution in [3.63, 3.8) is 0 Å². The maximum absolute atomic E-state index is 11.9. The second kappa shape index (κ2) is 6.72. The second-order valence-corrected chi connectivity index (χ2v) is 5.92. The van der Waals surface area contributed by atoms with E-state index < -0.39 is 0 Å². The van der Waals surface area contributed by atoms with Crippen molar-refractivity contribution in [3.8, 4) is 10.8 Å². The molecule has 0 unspecified atom stereocenters. The number of halogens is 1. The van der Waals surface area contributed by atoms with Gasteiger partial charge in [-0.2, -0.15) is 0 Å². The van der Waals surface area contributed by atoms with Crippen LogP contribution in [0.3, 0.4) is 0 Å². The minimum Gasteiger partial charge on any atom is -0.420 e. The monoisotopic (exact) mass is 333 g/mol. The lowest BCUT2D eigenvalue weighted by Gasteiger charge is -2.03. The summed E-state index contributed by atoms with van der Waals surface area (Å²) in [7, 11) is 0. The summed E-state index contributed by atoms with van der Waals surface area (Å²) in [4.78, 5) is 12.8. The SMILES string of the molecule is O=C(CCc1nnc(-c2cccs2)o1)Nc1ccc(Cl)cc1. The van der Waals surface area contributed by atoms with Crippen LogP contribution in [-0.4, -0.2) is 16.1 Å². The van der Waals surface area contributed by atoms with Crippen LogP contribution in [0.25, 0.3) is 10.8 Å². The third-order valence-corrected chi connectivity index (χ3v) is 4.00. The van der Waals surface area contributed by atoms with Crippen molar-refractivity contribution in [2.24, 2.45) is 0 Å². The van der Waals surface area contributed by atoms with Gasteiger partial charge in [-0.15, -0.1) is 21.5 Å². The number of nitrogens with zero attached hydrogens (tertiary/aromatic N) is 2. The highest BCUT2D eigenvalue weighted by Gasteiger charge is 2.11. The summed E-state index contributed by atoms with van der Waals surface area (Å²) in [5.41, 5.74) is 0.708. The van der Waals surface area contributed by atoms with Gasteiger partial charge >= 0.3 is 0 Å². The zero-order valence-electron chi connectivity index (χ0n) is 11.5. The van der Waals surface area contributed by atoms with Gasteiger partial charge in [-0.25, -0.2) is 0 Å². The highest BCUT2D eigenvalue weighted by atomic mass is 35.5. The fraction of sp³-hybridized carbons (Fsp3) is 0.133. The third-order valence-electron chi connectivity index (χ3n) is 2.89. The van der Waals surface area contributed by atoms with E-state index in [0.717, 1.165) is 4.88 Å². The molecule has 22 heavy (non-hydrogen) atoms. The fourth-order valence-electron chi connectivity index (χ4n) is 1.83. The van der Waals surface area contributed by atoms with E-state index >= 15 is 0 Å². The molecule has 3 aromatic rings. The van der Waals surface area contributed by atoms with Crippen LogP contribution in [-0.2, 0) is 11.2 Å². The van der Waals surface area contributed by atoms with Crippen LogP contribution in [0.1, 0.15) is 12.3 Å². The highest BCUT2D eigenvalue weighted by molar-refractivity contribution is 7.13. The number of hydrogen-bond donors (Lipinski definition) is 1. The maximum atomic E-state index is 11.9. The van der Waals surface area contributed by atoms with E-state index in [1.807, 2.05) is 17.5 Å². The maximum Gasteiger partial charge on any atom is 0.257 e. The number of aromatic nitrogens is 2. The van der Waals surface area contributed by atoms with E-state index in [1.54, 1.807) is 24.3 Å². The van der Waals surface area contributed by atoms with Gasteiger partial charge in [-0.3, -0.25) is 4.79 Å². The molecule has 0 aliphatic rings. The van der Waals surface area contributed by atoms with E-state index in [9.17, 15) is 4.79 Å². The Labute approximate surface area is 135 Å². The quantitative estimate of drug-likeness (QED) is 0.765. The summed E-state index contributed by atoms with van der Waals surface area (Å²) in [6.07, 6.45) is 0.673. The number of benzene rings is 1. The minimum absolute atomic E-state index is 0.113. The number of nitrogens with one attached hydrogen (secondary N) is 1. The molecule has 7 heteroatoms. The predicted octanol–water partition coefficient (Wildman–Crippen LogP) is 4.02. The number of rotatable bonds is 5. The lowest BCUT2D eigenvalue weighted by Crippen LogP contribution is -2.12. The van der Waals surface area contributed by atoms with Crippen LogP contribution in [0.15, 0.2) is 46.2 Å². The first-order valence-electron chi connectivity index (χ1n) is 6.62. The number of amides is 1. The molecule has 3 rings (SSSR count). The van der Waals surface area contributed by atoms with Crippen molar-refractivity contribution in [1.29, 1.82) is 0 Å². The number of thiophene rings is 1. The van der Waals surface area contributed by atoms with Gasteiger partial charge < -0.3 is 9.73 Å². The first kappa shape index (κ1) is 14.7. The van der Waals surface area contributed by atoms with Crippen LogP contribution < -0.4 is 5.32 Å². The van der Waals surface area contributed by atoms with Crippen molar-refractivity contribution in [3.05, 3.63) is 52.7 Å². The lowest BCUT2D eigenvalue weighted by molar-refractivity contribution is -0.116.